The lowest BCUT2D eigenvalue weighted by atomic mass is 10.2. The third-order valence-corrected chi connectivity index (χ3v) is 3.77. The molecule has 0 unspecified atom stereocenters. The number of carbonyl (C=O) groups excluding carboxylic acids is 1. The summed E-state index contributed by atoms with van der Waals surface area (Å²) in [5.74, 6) is -0.832. The third kappa shape index (κ3) is 3.87. The molecule has 3 N–H and O–H groups in total. The first-order valence-electron chi connectivity index (χ1n) is 6.02. The number of nitrogens with one attached hydrogen (secondary N) is 1. The summed E-state index contributed by atoms with van der Waals surface area (Å²) in [6.45, 7) is 0.0441. The van der Waals surface area contributed by atoms with Gasteiger partial charge in [-0.05, 0) is 30.3 Å². The summed E-state index contributed by atoms with van der Waals surface area (Å²) in [7, 11) is -3.79. The Hall–Kier alpha value is -2.25. The Morgan fingerprint density at radius 2 is 1.71 bits per heavy atom. The Kier molecular flexibility index (Phi) is 4.35. The van der Waals surface area contributed by atoms with Crippen LogP contribution in [0.25, 0.3) is 0 Å². The number of carbonyl (C=O) groups is 1. The second-order valence-corrected chi connectivity index (χ2v) is 5.90. The van der Waals surface area contributed by atoms with Gasteiger partial charge in [0.1, 0.15) is 5.82 Å². The highest BCUT2D eigenvalue weighted by Crippen LogP contribution is 2.10. The molecule has 0 aliphatic carbocycles. The molecule has 0 radical (unpaired) electrons. The number of nitrogens with two attached hydrogens (primary N) is 1. The maximum absolute atomic E-state index is 13.4. The van der Waals surface area contributed by atoms with Crippen LogP contribution in [0.1, 0.15) is 15.9 Å². The molecule has 1 amide bonds. The van der Waals surface area contributed by atoms with Crippen LogP contribution in [-0.4, -0.2) is 14.3 Å². The molecule has 5 nitrogen and oxygen atoms in total. The Morgan fingerprint density at radius 1 is 1.10 bits per heavy atom. The van der Waals surface area contributed by atoms with Crippen molar-refractivity contribution in [1.82, 2.24) is 5.32 Å². The maximum atomic E-state index is 13.4. The van der Waals surface area contributed by atoms with E-state index in [0.29, 0.717) is 5.56 Å². The Labute approximate surface area is 121 Å². The van der Waals surface area contributed by atoms with Crippen molar-refractivity contribution in [2.45, 2.75) is 11.4 Å². The van der Waals surface area contributed by atoms with Gasteiger partial charge >= 0.3 is 0 Å². The van der Waals surface area contributed by atoms with E-state index in [4.69, 9.17) is 5.14 Å². The fourth-order valence-electron chi connectivity index (χ4n) is 1.72. The quantitative estimate of drug-likeness (QED) is 0.894. The number of primary sulfonamides is 1. The number of rotatable bonds is 4. The zero-order valence-corrected chi connectivity index (χ0v) is 11.7. The van der Waals surface area contributed by atoms with Gasteiger partial charge in [0.2, 0.25) is 10.0 Å². The molecule has 0 aliphatic rings. The first-order valence-corrected chi connectivity index (χ1v) is 7.57. The molecule has 7 heteroatoms. The molecule has 2 aromatic carbocycles. The van der Waals surface area contributed by atoms with Gasteiger partial charge in [-0.15, -0.1) is 0 Å². The lowest BCUT2D eigenvalue weighted by Gasteiger charge is -2.07. The molecule has 0 aliphatic heterocycles. The fraction of sp³-hybridized carbons (Fsp3) is 0.0714. The molecule has 0 atom stereocenters. The average molecular weight is 308 g/mol. The van der Waals surface area contributed by atoms with Crippen LogP contribution in [0.5, 0.6) is 0 Å². The van der Waals surface area contributed by atoms with E-state index in [2.05, 4.69) is 5.32 Å². The molecule has 0 fully saturated rings. The number of hydrogen-bond donors (Lipinski definition) is 2. The SMILES string of the molecule is NS(=O)(=O)c1ccc(C(=O)NCc2ccccc2F)cc1. The van der Waals surface area contributed by atoms with Gasteiger partial charge < -0.3 is 5.32 Å². The van der Waals surface area contributed by atoms with Crippen LogP contribution in [0.2, 0.25) is 0 Å². The van der Waals surface area contributed by atoms with E-state index in [1.165, 1.54) is 30.3 Å². The highest BCUT2D eigenvalue weighted by molar-refractivity contribution is 7.89. The monoisotopic (exact) mass is 308 g/mol. The first kappa shape index (κ1) is 15.1. The van der Waals surface area contributed by atoms with Crippen LogP contribution in [0.4, 0.5) is 4.39 Å². The molecule has 0 saturated carbocycles. The smallest absolute Gasteiger partial charge is 0.251 e. The normalized spacial score (nSPS) is 11.1. The van der Waals surface area contributed by atoms with Crippen LogP contribution in [0.3, 0.4) is 0 Å². The first-order chi connectivity index (χ1) is 9.88. The second-order valence-electron chi connectivity index (χ2n) is 4.34. The predicted octanol–water partition coefficient (Wildman–Crippen LogP) is 1.40. The Bertz CT molecular complexity index is 758. The molecule has 0 spiro atoms. The molecule has 0 heterocycles. The summed E-state index contributed by atoms with van der Waals surface area (Å²) >= 11 is 0. The molecule has 0 aromatic heterocycles. The summed E-state index contributed by atoms with van der Waals surface area (Å²) in [6.07, 6.45) is 0. The third-order valence-electron chi connectivity index (χ3n) is 2.84. The van der Waals surface area contributed by atoms with Gasteiger partial charge in [-0.2, -0.15) is 0 Å². The number of halogens is 1. The van der Waals surface area contributed by atoms with Crippen LogP contribution in [0.15, 0.2) is 53.4 Å². The van der Waals surface area contributed by atoms with Crippen molar-refractivity contribution in [1.29, 1.82) is 0 Å². The summed E-state index contributed by atoms with van der Waals surface area (Å²) in [5.41, 5.74) is 0.630. The number of hydrogen-bond acceptors (Lipinski definition) is 3. The van der Waals surface area contributed by atoms with Gasteiger partial charge in [-0.1, -0.05) is 18.2 Å². The largest absolute Gasteiger partial charge is 0.348 e. The van der Waals surface area contributed by atoms with Gasteiger partial charge in [0.05, 0.1) is 4.90 Å². The van der Waals surface area contributed by atoms with Crippen LogP contribution >= 0.6 is 0 Å². The average Bonchev–Trinajstić information content (AvgIpc) is 2.45. The van der Waals surface area contributed by atoms with E-state index in [9.17, 15) is 17.6 Å². The van der Waals surface area contributed by atoms with Crippen LogP contribution < -0.4 is 10.5 Å². The zero-order chi connectivity index (χ0) is 15.5. The molecule has 2 rings (SSSR count). The summed E-state index contributed by atoms with van der Waals surface area (Å²) in [4.78, 5) is 11.8. The lowest BCUT2D eigenvalue weighted by molar-refractivity contribution is 0.0950. The van der Waals surface area contributed by atoms with Crippen molar-refractivity contribution >= 4 is 15.9 Å². The van der Waals surface area contributed by atoms with Crippen molar-refractivity contribution < 1.29 is 17.6 Å². The zero-order valence-electron chi connectivity index (χ0n) is 10.9. The molecule has 2 aromatic rings. The second kappa shape index (κ2) is 6.02. The summed E-state index contributed by atoms with van der Waals surface area (Å²) < 4.78 is 35.6. The van der Waals surface area contributed by atoms with Gasteiger partial charge in [0, 0.05) is 17.7 Å². The van der Waals surface area contributed by atoms with E-state index >= 15 is 0 Å². The molecule has 110 valence electrons. The highest BCUT2D eigenvalue weighted by atomic mass is 32.2. The van der Waals surface area contributed by atoms with E-state index in [0.717, 1.165) is 0 Å². The van der Waals surface area contributed by atoms with Gasteiger partial charge in [-0.25, -0.2) is 17.9 Å². The lowest BCUT2D eigenvalue weighted by Crippen LogP contribution is -2.23. The number of benzene rings is 2. The van der Waals surface area contributed by atoms with E-state index in [-0.39, 0.29) is 17.0 Å². The topological polar surface area (TPSA) is 89.3 Å². The molecular weight excluding hydrogens is 295 g/mol. The Morgan fingerprint density at radius 3 is 2.29 bits per heavy atom. The summed E-state index contributed by atoms with van der Waals surface area (Å²) in [6, 6.07) is 11.3. The Balaban J connectivity index is 2.06. The number of sulfonamides is 1. The van der Waals surface area contributed by atoms with Crippen LogP contribution in [-0.2, 0) is 16.6 Å². The number of amides is 1. The minimum atomic E-state index is -3.79. The van der Waals surface area contributed by atoms with Crippen molar-refractivity contribution in [2.24, 2.45) is 5.14 Å². The van der Waals surface area contributed by atoms with Crippen LogP contribution in [0, 0.1) is 5.82 Å². The van der Waals surface area contributed by atoms with Gasteiger partial charge in [-0.3, -0.25) is 4.79 Å². The standard InChI is InChI=1S/C14H13FN2O3S/c15-13-4-2-1-3-11(13)9-17-14(18)10-5-7-12(8-6-10)21(16,19)20/h1-8H,9H2,(H,17,18)(H2,16,19,20). The minimum Gasteiger partial charge on any atom is -0.348 e. The molecule has 0 bridgehead atoms. The predicted molar refractivity (Wildman–Crippen MR) is 75.4 cm³/mol. The minimum absolute atomic E-state index is 0.0441. The highest BCUT2D eigenvalue weighted by Gasteiger charge is 2.10. The maximum Gasteiger partial charge on any atom is 0.251 e. The van der Waals surface area contributed by atoms with E-state index in [1.54, 1.807) is 18.2 Å². The molecule has 0 saturated heterocycles. The van der Waals surface area contributed by atoms with E-state index in [1.807, 2.05) is 0 Å². The van der Waals surface area contributed by atoms with Crippen molar-refractivity contribution in [2.75, 3.05) is 0 Å². The molecular formula is C14H13FN2O3S. The van der Waals surface area contributed by atoms with Crippen molar-refractivity contribution in [3.05, 3.63) is 65.5 Å². The fourth-order valence-corrected chi connectivity index (χ4v) is 2.23. The van der Waals surface area contributed by atoms with Crippen molar-refractivity contribution in [3.63, 3.8) is 0 Å². The van der Waals surface area contributed by atoms with Gasteiger partial charge in [0.25, 0.3) is 5.91 Å². The summed E-state index contributed by atoms with van der Waals surface area (Å²) in [5, 5.41) is 7.52. The van der Waals surface area contributed by atoms with Gasteiger partial charge in [0.15, 0.2) is 0 Å². The van der Waals surface area contributed by atoms with Crippen molar-refractivity contribution in [3.8, 4) is 0 Å². The van der Waals surface area contributed by atoms with E-state index < -0.39 is 21.7 Å². The molecule has 21 heavy (non-hydrogen) atoms.